The average molecular weight is 211 g/mol. The highest BCUT2D eigenvalue weighted by atomic mass is 15.1. The lowest BCUT2D eigenvalue weighted by Gasteiger charge is -2.24. The second-order valence-electron chi connectivity index (χ2n) is 6.41. The van der Waals surface area contributed by atoms with Crippen molar-refractivity contribution in [1.82, 2.24) is 4.90 Å². The van der Waals surface area contributed by atoms with E-state index in [2.05, 4.69) is 32.6 Å². The van der Waals surface area contributed by atoms with Gasteiger partial charge in [-0.15, -0.1) is 0 Å². The smallest absolute Gasteiger partial charge is 0.000966 e. The van der Waals surface area contributed by atoms with Crippen LogP contribution >= 0.6 is 0 Å². The molecule has 1 fully saturated rings. The molecule has 1 aliphatic rings. The van der Waals surface area contributed by atoms with E-state index in [0.717, 1.165) is 5.92 Å². The fraction of sp³-hybridized carbons (Fsp3) is 1.00. The molecule has 0 spiro atoms. The minimum Gasteiger partial charge on any atom is -0.303 e. The molecule has 0 bridgehead atoms. The number of rotatable bonds is 7. The summed E-state index contributed by atoms with van der Waals surface area (Å²) in [7, 11) is 0. The van der Waals surface area contributed by atoms with Crippen molar-refractivity contribution in [3.8, 4) is 0 Å². The topological polar surface area (TPSA) is 3.24 Å². The fourth-order valence-corrected chi connectivity index (χ4v) is 2.11. The van der Waals surface area contributed by atoms with Gasteiger partial charge in [0.1, 0.15) is 0 Å². The first-order valence-corrected chi connectivity index (χ1v) is 6.73. The fourth-order valence-electron chi connectivity index (χ4n) is 2.11. The summed E-state index contributed by atoms with van der Waals surface area (Å²) >= 11 is 0. The quantitative estimate of drug-likeness (QED) is 0.616. The van der Waals surface area contributed by atoms with Crippen LogP contribution in [0.2, 0.25) is 0 Å². The van der Waals surface area contributed by atoms with Crippen molar-refractivity contribution in [3.05, 3.63) is 0 Å². The summed E-state index contributed by atoms with van der Waals surface area (Å²) in [6.45, 7) is 13.3. The molecule has 0 atom stereocenters. The van der Waals surface area contributed by atoms with E-state index in [1.165, 1.54) is 51.7 Å². The summed E-state index contributed by atoms with van der Waals surface area (Å²) in [6.07, 6.45) is 7.01. The molecular formula is C14H29N. The Morgan fingerprint density at radius 2 is 1.80 bits per heavy atom. The van der Waals surface area contributed by atoms with Crippen LogP contribution in [-0.4, -0.2) is 24.5 Å². The van der Waals surface area contributed by atoms with Crippen LogP contribution in [0.25, 0.3) is 0 Å². The van der Waals surface area contributed by atoms with Crippen LogP contribution in [0.3, 0.4) is 0 Å². The summed E-state index contributed by atoms with van der Waals surface area (Å²) in [4.78, 5) is 2.68. The van der Waals surface area contributed by atoms with Gasteiger partial charge in [-0.25, -0.2) is 0 Å². The van der Waals surface area contributed by atoms with E-state index in [1.807, 2.05) is 0 Å². The molecule has 1 saturated carbocycles. The maximum absolute atomic E-state index is 2.68. The van der Waals surface area contributed by atoms with Gasteiger partial charge in [0.25, 0.3) is 0 Å². The minimum atomic E-state index is 0.511. The van der Waals surface area contributed by atoms with Gasteiger partial charge in [-0.1, -0.05) is 27.7 Å². The summed E-state index contributed by atoms with van der Waals surface area (Å²) in [6, 6.07) is 0. The average Bonchev–Trinajstić information content (AvgIpc) is 2.86. The standard InChI is InChI=1S/C14H29N/c1-5-10-15(12-13-7-8-13)11-6-9-14(2,3)4/h13H,5-12H2,1-4H3. The summed E-state index contributed by atoms with van der Waals surface area (Å²) in [5.74, 6) is 1.05. The molecule has 0 aromatic rings. The summed E-state index contributed by atoms with van der Waals surface area (Å²) < 4.78 is 0. The molecule has 15 heavy (non-hydrogen) atoms. The zero-order valence-corrected chi connectivity index (χ0v) is 11.2. The first-order valence-electron chi connectivity index (χ1n) is 6.73. The van der Waals surface area contributed by atoms with Gasteiger partial charge in [-0.3, -0.25) is 0 Å². The monoisotopic (exact) mass is 211 g/mol. The first-order chi connectivity index (χ1) is 7.01. The lowest BCUT2D eigenvalue weighted by atomic mass is 9.90. The third-order valence-electron chi connectivity index (χ3n) is 3.15. The van der Waals surface area contributed by atoms with Crippen LogP contribution in [-0.2, 0) is 0 Å². The largest absolute Gasteiger partial charge is 0.303 e. The van der Waals surface area contributed by atoms with Crippen molar-refractivity contribution in [2.24, 2.45) is 11.3 Å². The molecule has 0 aromatic heterocycles. The van der Waals surface area contributed by atoms with Crippen LogP contribution in [0.15, 0.2) is 0 Å². The van der Waals surface area contributed by atoms with Gasteiger partial charge in [-0.05, 0) is 56.5 Å². The highest BCUT2D eigenvalue weighted by Gasteiger charge is 2.23. The van der Waals surface area contributed by atoms with E-state index in [-0.39, 0.29) is 0 Å². The molecule has 1 rings (SSSR count). The Morgan fingerprint density at radius 1 is 1.13 bits per heavy atom. The molecule has 1 nitrogen and oxygen atoms in total. The molecule has 0 N–H and O–H groups in total. The van der Waals surface area contributed by atoms with E-state index in [4.69, 9.17) is 0 Å². The normalized spacial score (nSPS) is 17.4. The van der Waals surface area contributed by atoms with Gasteiger partial charge >= 0.3 is 0 Å². The van der Waals surface area contributed by atoms with E-state index >= 15 is 0 Å². The molecule has 0 heterocycles. The zero-order valence-electron chi connectivity index (χ0n) is 11.2. The van der Waals surface area contributed by atoms with Gasteiger partial charge in [0, 0.05) is 6.54 Å². The Labute approximate surface area is 96.2 Å². The first kappa shape index (κ1) is 13.0. The second kappa shape index (κ2) is 5.89. The highest BCUT2D eigenvalue weighted by molar-refractivity contribution is 4.77. The van der Waals surface area contributed by atoms with E-state index in [0.29, 0.717) is 5.41 Å². The Morgan fingerprint density at radius 3 is 2.27 bits per heavy atom. The van der Waals surface area contributed by atoms with E-state index in [1.54, 1.807) is 0 Å². The Bertz CT molecular complexity index is 165. The molecular weight excluding hydrogens is 182 g/mol. The van der Waals surface area contributed by atoms with E-state index < -0.39 is 0 Å². The van der Waals surface area contributed by atoms with E-state index in [9.17, 15) is 0 Å². The third-order valence-corrected chi connectivity index (χ3v) is 3.15. The molecule has 1 heteroatoms. The van der Waals surface area contributed by atoms with Crippen molar-refractivity contribution in [3.63, 3.8) is 0 Å². The Balaban J connectivity index is 2.12. The summed E-state index contributed by atoms with van der Waals surface area (Å²) in [5, 5.41) is 0. The molecule has 0 unspecified atom stereocenters. The van der Waals surface area contributed by atoms with Crippen molar-refractivity contribution in [1.29, 1.82) is 0 Å². The van der Waals surface area contributed by atoms with Crippen LogP contribution < -0.4 is 0 Å². The zero-order chi connectivity index (χ0) is 11.3. The predicted octanol–water partition coefficient (Wildman–Crippen LogP) is 3.93. The number of hydrogen-bond acceptors (Lipinski definition) is 1. The van der Waals surface area contributed by atoms with Crippen molar-refractivity contribution in [2.75, 3.05) is 19.6 Å². The van der Waals surface area contributed by atoms with Gasteiger partial charge in [0.2, 0.25) is 0 Å². The SMILES string of the molecule is CCCN(CCCC(C)(C)C)CC1CC1. The van der Waals surface area contributed by atoms with Gasteiger partial charge in [-0.2, -0.15) is 0 Å². The molecule has 90 valence electrons. The maximum Gasteiger partial charge on any atom is 0.000966 e. The van der Waals surface area contributed by atoms with Crippen LogP contribution in [0.5, 0.6) is 0 Å². The number of nitrogens with zero attached hydrogens (tertiary/aromatic N) is 1. The molecule has 1 aliphatic carbocycles. The van der Waals surface area contributed by atoms with Gasteiger partial charge in [0.15, 0.2) is 0 Å². The maximum atomic E-state index is 2.68. The lowest BCUT2D eigenvalue weighted by Crippen LogP contribution is -2.28. The highest BCUT2D eigenvalue weighted by Crippen LogP contribution is 2.30. The molecule has 0 aliphatic heterocycles. The predicted molar refractivity (Wildman–Crippen MR) is 68.1 cm³/mol. The van der Waals surface area contributed by atoms with Crippen molar-refractivity contribution < 1.29 is 0 Å². The number of hydrogen-bond donors (Lipinski definition) is 0. The Kier molecular flexibility index (Phi) is 5.11. The second-order valence-corrected chi connectivity index (χ2v) is 6.41. The molecule has 0 amide bonds. The Hall–Kier alpha value is -0.0400. The molecule has 0 aromatic carbocycles. The van der Waals surface area contributed by atoms with Crippen LogP contribution in [0.1, 0.15) is 59.8 Å². The third kappa shape index (κ3) is 6.94. The van der Waals surface area contributed by atoms with Gasteiger partial charge in [0.05, 0.1) is 0 Å². The van der Waals surface area contributed by atoms with Gasteiger partial charge < -0.3 is 4.90 Å². The van der Waals surface area contributed by atoms with Crippen molar-refractivity contribution >= 4 is 0 Å². The van der Waals surface area contributed by atoms with Crippen LogP contribution in [0.4, 0.5) is 0 Å². The molecule has 0 radical (unpaired) electrons. The lowest BCUT2D eigenvalue weighted by molar-refractivity contribution is 0.240. The summed E-state index contributed by atoms with van der Waals surface area (Å²) in [5.41, 5.74) is 0.511. The van der Waals surface area contributed by atoms with Crippen LogP contribution in [0, 0.1) is 11.3 Å². The van der Waals surface area contributed by atoms with Crippen molar-refractivity contribution in [2.45, 2.75) is 59.8 Å². The minimum absolute atomic E-state index is 0.511. The molecule has 0 saturated heterocycles.